The maximum Gasteiger partial charge on any atom is 0.289 e. The molecule has 0 radical (unpaired) electrons. The molecule has 1 N–H and O–H groups in total. The number of nitrogens with one attached hydrogen (secondary N) is 1. The topological polar surface area (TPSA) is 119 Å². The minimum Gasteiger partial charge on any atom is -0.484 e. The van der Waals surface area contributed by atoms with Crippen LogP contribution in [0, 0.1) is 10.1 Å². The van der Waals surface area contributed by atoms with Gasteiger partial charge in [0, 0.05) is 19.7 Å². The number of anilines is 1. The van der Waals surface area contributed by atoms with Crippen LogP contribution in [-0.2, 0) is 21.4 Å². The van der Waals surface area contributed by atoms with E-state index in [9.17, 15) is 23.3 Å². The smallest absolute Gasteiger partial charge is 0.289 e. The van der Waals surface area contributed by atoms with Gasteiger partial charge in [-0.25, -0.2) is 8.42 Å². The highest BCUT2D eigenvalue weighted by atomic mass is 32.2. The molecular weight excluding hydrogens is 434 g/mol. The van der Waals surface area contributed by atoms with Crippen LogP contribution in [0.3, 0.4) is 0 Å². The fourth-order valence-corrected chi connectivity index (χ4v) is 4.21. The normalized spacial score (nSPS) is 10.9. The number of hydrogen-bond donors (Lipinski definition) is 1. The Morgan fingerprint density at radius 2 is 1.62 bits per heavy atom. The second-order valence-corrected chi connectivity index (χ2v) is 8.68. The van der Waals surface area contributed by atoms with E-state index in [0.717, 1.165) is 15.9 Å². The van der Waals surface area contributed by atoms with Gasteiger partial charge in [0.2, 0.25) is 0 Å². The summed E-state index contributed by atoms with van der Waals surface area (Å²) in [5.41, 5.74) is 0.748. The van der Waals surface area contributed by atoms with Gasteiger partial charge < -0.3 is 10.1 Å². The van der Waals surface area contributed by atoms with E-state index in [-0.39, 0.29) is 18.2 Å². The van der Waals surface area contributed by atoms with Crippen molar-refractivity contribution < 1.29 is 22.9 Å². The molecular formula is C22H21N3O6S. The lowest BCUT2D eigenvalue weighted by molar-refractivity contribution is -0.387. The number of nitro groups is 1. The Morgan fingerprint density at radius 1 is 1.00 bits per heavy atom. The van der Waals surface area contributed by atoms with Gasteiger partial charge in [-0.05, 0) is 35.9 Å². The standard InChI is InChI=1S/C22H21N3O6S/c1-24(32(29,30)21-10-6-5-9-20(21)25(27)28)18-11-13-19(14-12-18)31-16-22(26)23-15-17-7-3-2-4-8-17/h2-14H,15-16H2,1H3,(H,23,26). The zero-order chi connectivity index (χ0) is 23.1. The lowest BCUT2D eigenvalue weighted by Crippen LogP contribution is -2.28. The molecule has 0 aliphatic carbocycles. The second-order valence-electron chi connectivity index (χ2n) is 6.74. The van der Waals surface area contributed by atoms with Gasteiger partial charge in [0.1, 0.15) is 5.75 Å². The number of ether oxygens (including phenoxy) is 1. The van der Waals surface area contributed by atoms with Gasteiger partial charge in [0.25, 0.3) is 21.6 Å². The number of nitro benzene ring substituents is 1. The third-order valence-corrected chi connectivity index (χ3v) is 6.44. The number of benzene rings is 3. The number of para-hydroxylation sites is 1. The summed E-state index contributed by atoms with van der Waals surface area (Å²) in [4.78, 5) is 22.0. The Hall–Kier alpha value is -3.92. The summed E-state index contributed by atoms with van der Waals surface area (Å²) >= 11 is 0. The molecule has 0 fully saturated rings. The summed E-state index contributed by atoms with van der Waals surface area (Å²) < 4.78 is 32.2. The molecule has 9 nitrogen and oxygen atoms in total. The van der Waals surface area contributed by atoms with Gasteiger partial charge in [-0.3, -0.25) is 19.2 Å². The highest BCUT2D eigenvalue weighted by Crippen LogP contribution is 2.29. The molecule has 0 unspecified atom stereocenters. The summed E-state index contributed by atoms with van der Waals surface area (Å²) in [6, 6.07) is 20.6. The Morgan fingerprint density at radius 3 is 2.28 bits per heavy atom. The van der Waals surface area contributed by atoms with E-state index < -0.39 is 25.5 Å². The molecule has 3 aromatic carbocycles. The Bertz CT molecular complexity index is 1200. The van der Waals surface area contributed by atoms with Crippen molar-refractivity contribution >= 4 is 27.3 Å². The van der Waals surface area contributed by atoms with Crippen LogP contribution < -0.4 is 14.4 Å². The van der Waals surface area contributed by atoms with Gasteiger partial charge in [-0.15, -0.1) is 0 Å². The molecule has 0 aliphatic rings. The first-order chi connectivity index (χ1) is 15.3. The predicted molar refractivity (Wildman–Crippen MR) is 119 cm³/mol. The molecule has 0 spiro atoms. The quantitative estimate of drug-likeness (QED) is 0.391. The van der Waals surface area contributed by atoms with Gasteiger partial charge in [-0.1, -0.05) is 42.5 Å². The first-order valence-corrected chi connectivity index (χ1v) is 11.0. The maximum absolute atomic E-state index is 12.9. The summed E-state index contributed by atoms with van der Waals surface area (Å²) in [6.45, 7) is 0.187. The Kier molecular flexibility index (Phi) is 7.06. The Labute approximate surface area is 185 Å². The molecule has 0 saturated heterocycles. The molecule has 0 heterocycles. The van der Waals surface area contributed by atoms with Crippen LogP contribution in [-0.4, -0.2) is 32.9 Å². The molecule has 0 aromatic heterocycles. The molecule has 0 aliphatic heterocycles. The van der Waals surface area contributed by atoms with Crippen molar-refractivity contribution in [2.45, 2.75) is 11.4 Å². The summed E-state index contributed by atoms with van der Waals surface area (Å²) in [7, 11) is -2.85. The molecule has 32 heavy (non-hydrogen) atoms. The average molecular weight is 455 g/mol. The highest BCUT2D eigenvalue weighted by Gasteiger charge is 2.29. The van der Waals surface area contributed by atoms with Crippen LogP contribution in [0.2, 0.25) is 0 Å². The van der Waals surface area contributed by atoms with E-state index in [4.69, 9.17) is 4.74 Å². The van der Waals surface area contributed by atoms with Crippen LogP contribution in [0.25, 0.3) is 0 Å². The van der Waals surface area contributed by atoms with Crippen LogP contribution >= 0.6 is 0 Å². The summed E-state index contributed by atoms with van der Waals surface area (Å²) in [5.74, 6) is 0.0779. The monoisotopic (exact) mass is 455 g/mol. The fraction of sp³-hybridized carbons (Fsp3) is 0.136. The molecule has 3 aromatic rings. The number of carbonyl (C=O) groups is 1. The van der Waals surface area contributed by atoms with Crippen molar-refractivity contribution in [2.24, 2.45) is 0 Å². The molecule has 0 saturated carbocycles. The lowest BCUT2D eigenvalue weighted by Gasteiger charge is -2.19. The SMILES string of the molecule is CN(c1ccc(OCC(=O)NCc2ccccc2)cc1)S(=O)(=O)c1ccccc1[N+](=O)[O-]. The number of nitrogens with zero attached hydrogens (tertiary/aromatic N) is 2. The van der Waals surface area contributed by atoms with Crippen molar-refractivity contribution in [3.63, 3.8) is 0 Å². The van der Waals surface area contributed by atoms with Crippen molar-refractivity contribution in [3.8, 4) is 5.75 Å². The van der Waals surface area contributed by atoms with Crippen molar-refractivity contribution in [2.75, 3.05) is 18.0 Å². The van der Waals surface area contributed by atoms with Crippen molar-refractivity contribution in [1.82, 2.24) is 5.32 Å². The zero-order valence-corrected chi connectivity index (χ0v) is 18.0. The van der Waals surface area contributed by atoms with Gasteiger partial charge in [-0.2, -0.15) is 0 Å². The third kappa shape index (κ3) is 5.41. The zero-order valence-electron chi connectivity index (χ0n) is 17.2. The van der Waals surface area contributed by atoms with Crippen LogP contribution in [0.15, 0.2) is 83.8 Å². The lowest BCUT2D eigenvalue weighted by atomic mass is 10.2. The van der Waals surface area contributed by atoms with E-state index in [2.05, 4.69) is 5.32 Å². The average Bonchev–Trinajstić information content (AvgIpc) is 2.82. The number of rotatable bonds is 9. The van der Waals surface area contributed by atoms with E-state index in [1.807, 2.05) is 30.3 Å². The van der Waals surface area contributed by atoms with E-state index >= 15 is 0 Å². The molecule has 0 bridgehead atoms. The first kappa shape index (κ1) is 22.8. The Balaban J connectivity index is 1.62. The van der Waals surface area contributed by atoms with E-state index in [1.165, 1.54) is 49.5 Å². The number of amides is 1. The number of hydrogen-bond acceptors (Lipinski definition) is 6. The van der Waals surface area contributed by atoms with Gasteiger partial charge in [0.15, 0.2) is 11.5 Å². The summed E-state index contributed by atoms with van der Waals surface area (Å²) in [5, 5.41) is 13.9. The van der Waals surface area contributed by atoms with Crippen molar-refractivity contribution in [3.05, 3.63) is 94.5 Å². The highest BCUT2D eigenvalue weighted by molar-refractivity contribution is 7.93. The predicted octanol–water partition coefficient (Wildman–Crippen LogP) is 3.12. The van der Waals surface area contributed by atoms with E-state index in [1.54, 1.807) is 0 Å². The summed E-state index contributed by atoms with van der Waals surface area (Å²) in [6.07, 6.45) is 0. The number of carbonyl (C=O) groups excluding carboxylic acids is 1. The molecule has 10 heteroatoms. The van der Waals surface area contributed by atoms with Gasteiger partial charge in [0.05, 0.1) is 10.6 Å². The molecule has 1 amide bonds. The molecule has 3 rings (SSSR count). The van der Waals surface area contributed by atoms with Crippen LogP contribution in [0.5, 0.6) is 5.75 Å². The fourth-order valence-electron chi connectivity index (χ4n) is 2.86. The van der Waals surface area contributed by atoms with Crippen LogP contribution in [0.4, 0.5) is 11.4 Å². The minimum absolute atomic E-state index is 0.198. The first-order valence-electron chi connectivity index (χ1n) is 9.55. The minimum atomic E-state index is -4.15. The molecule has 0 atom stereocenters. The second kappa shape index (κ2) is 9.92. The molecule has 166 valence electrons. The van der Waals surface area contributed by atoms with Crippen molar-refractivity contribution in [1.29, 1.82) is 0 Å². The van der Waals surface area contributed by atoms with Gasteiger partial charge >= 0.3 is 0 Å². The largest absolute Gasteiger partial charge is 0.484 e. The third-order valence-electron chi connectivity index (χ3n) is 4.60. The van der Waals surface area contributed by atoms with Crippen LogP contribution in [0.1, 0.15) is 5.56 Å². The number of sulfonamides is 1. The van der Waals surface area contributed by atoms with E-state index in [0.29, 0.717) is 12.3 Å². The maximum atomic E-state index is 12.9.